The van der Waals surface area contributed by atoms with Crippen molar-refractivity contribution in [3.8, 4) is 5.75 Å². The highest BCUT2D eigenvalue weighted by Crippen LogP contribution is 2.40. The van der Waals surface area contributed by atoms with E-state index in [-0.39, 0.29) is 23.1 Å². The fourth-order valence-electron chi connectivity index (χ4n) is 5.65. The molecule has 2 fully saturated rings. The van der Waals surface area contributed by atoms with Gasteiger partial charge in [0.1, 0.15) is 6.10 Å². The second-order valence-corrected chi connectivity index (χ2v) is 9.82. The summed E-state index contributed by atoms with van der Waals surface area (Å²) in [5, 5.41) is 0. The van der Waals surface area contributed by atoms with E-state index < -0.39 is 40.9 Å². The molecule has 3 nitrogen and oxygen atoms in total. The van der Waals surface area contributed by atoms with Gasteiger partial charge in [-0.3, -0.25) is 0 Å². The first-order valence-electron chi connectivity index (χ1n) is 12.5. The largest absolute Gasteiger partial charge is 0.494 e. The molecule has 0 atom stereocenters. The number of halogens is 4. The van der Waals surface area contributed by atoms with Gasteiger partial charge >= 0.3 is 5.97 Å². The molecule has 0 radical (unpaired) electrons. The lowest BCUT2D eigenvalue weighted by atomic mass is 9.77. The molecule has 4 rings (SSSR count). The standard InChI is InChI=1S/C28H32F4O3/c1-3-16-4-6-17(7-5-16)20-12-13-22(26(31)24(20)29)28(33)35-19-10-8-18(9-11-19)21-14-15-23(34-2)27(32)25(21)30/h12-19H,3-11H2,1-2H3. The van der Waals surface area contributed by atoms with Crippen LogP contribution < -0.4 is 4.74 Å². The summed E-state index contributed by atoms with van der Waals surface area (Å²) in [4.78, 5) is 12.6. The van der Waals surface area contributed by atoms with Crippen LogP contribution >= 0.6 is 0 Å². The Balaban J connectivity index is 1.37. The van der Waals surface area contributed by atoms with E-state index in [9.17, 15) is 22.4 Å². The van der Waals surface area contributed by atoms with Crippen LogP contribution in [-0.2, 0) is 4.74 Å². The van der Waals surface area contributed by atoms with Crippen molar-refractivity contribution < 1.29 is 31.8 Å². The van der Waals surface area contributed by atoms with Gasteiger partial charge in [-0.05, 0) is 92.4 Å². The summed E-state index contributed by atoms with van der Waals surface area (Å²) in [6, 6.07) is 5.76. The third-order valence-electron chi connectivity index (χ3n) is 7.88. The summed E-state index contributed by atoms with van der Waals surface area (Å²) in [6.45, 7) is 2.15. The van der Waals surface area contributed by atoms with Crippen LogP contribution in [0.3, 0.4) is 0 Å². The average Bonchev–Trinajstić information content (AvgIpc) is 2.88. The Morgan fingerprint density at radius 1 is 0.771 bits per heavy atom. The van der Waals surface area contributed by atoms with Crippen molar-refractivity contribution in [1.29, 1.82) is 0 Å². The van der Waals surface area contributed by atoms with Crippen LogP contribution in [0.2, 0.25) is 0 Å². The van der Waals surface area contributed by atoms with Gasteiger partial charge in [0.15, 0.2) is 23.2 Å². The fourth-order valence-corrected chi connectivity index (χ4v) is 5.65. The number of esters is 1. The molecule has 0 spiro atoms. The molecule has 0 bridgehead atoms. The number of ether oxygens (including phenoxy) is 2. The van der Waals surface area contributed by atoms with E-state index in [0.29, 0.717) is 37.2 Å². The lowest BCUT2D eigenvalue weighted by molar-refractivity contribution is 0.0188. The average molecular weight is 493 g/mol. The number of carbonyl (C=O) groups excluding carboxylic acids is 1. The van der Waals surface area contributed by atoms with Crippen LogP contribution in [0.4, 0.5) is 17.6 Å². The van der Waals surface area contributed by atoms with Gasteiger partial charge in [-0.25, -0.2) is 18.0 Å². The lowest BCUT2D eigenvalue weighted by Gasteiger charge is -2.29. The van der Waals surface area contributed by atoms with Crippen LogP contribution in [0.5, 0.6) is 5.75 Å². The maximum Gasteiger partial charge on any atom is 0.341 e. The molecule has 190 valence electrons. The molecule has 2 aliphatic rings. The number of benzene rings is 2. The smallest absolute Gasteiger partial charge is 0.341 e. The van der Waals surface area contributed by atoms with Crippen molar-refractivity contribution in [3.05, 3.63) is 64.2 Å². The zero-order valence-corrected chi connectivity index (χ0v) is 20.2. The molecule has 0 N–H and O–H groups in total. The predicted molar refractivity (Wildman–Crippen MR) is 125 cm³/mol. The second-order valence-electron chi connectivity index (χ2n) is 9.82. The highest BCUT2D eigenvalue weighted by molar-refractivity contribution is 5.90. The van der Waals surface area contributed by atoms with Gasteiger partial charge in [0.25, 0.3) is 0 Å². The molecule has 7 heteroatoms. The van der Waals surface area contributed by atoms with Crippen molar-refractivity contribution in [1.82, 2.24) is 0 Å². The highest BCUT2D eigenvalue weighted by atomic mass is 19.2. The van der Waals surface area contributed by atoms with Crippen LogP contribution in [-0.4, -0.2) is 19.2 Å². The van der Waals surface area contributed by atoms with E-state index in [2.05, 4.69) is 6.92 Å². The van der Waals surface area contributed by atoms with E-state index in [1.807, 2.05) is 0 Å². The molecule has 35 heavy (non-hydrogen) atoms. The normalized spacial score (nSPS) is 24.7. The zero-order chi connectivity index (χ0) is 25.1. The van der Waals surface area contributed by atoms with Crippen molar-refractivity contribution in [2.24, 2.45) is 5.92 Å². The Bertz CT molecular complexity index is 1050. The SMILES string of the molecule is CCC1CCC(c2ccc(C(=O)OC3CCC(c4ccc(OC)c(F)c4F)CC3)c(F)c2F)CC1. The van der Waals surface area contributed by atoms with Crippen molar-refractivity contribution in [2.45, 2.75) is 82.7 Å². The van der Waals surface area contributed by atoms with Crippen molar-refractivity contribution in [2.75, 3.05) is 7.11 Å². The number of carbonyl (C=O) groups is 1. The molecule has 0 amide bonds. The topological polar surface area (TPSA) is 35.5 Å². The summed E-state index contributed by atoms with van der Waals surface area (Å²) >= 11 is 0. The first-order chi connectivity index (χ1) is 16.8. The van der Waals surface area contributed by atoms with Crippen molar-refractivity contribution in [3.63, 3.8) is 0 Å². The van der Waals surface area contributed by atoms with Gasteiger partial charge < -0.3 is 9.47 Å². The quantitative estimate of drug-likeness (QED) is 0.305. The van der Waals surface area contributed by atoms with Gasteiger partial charge in [0.2, 0.25) is 5.82 Å². The Labute approximate surface area is 203 Å². The first kappa shape index (κ1) is 25.5. The van der Waals surface area contributed by atoms with E-state index in [1.54, 1.807) is 0 Å². The highest BCUT2D eigenvalue weighted by Gasteiger charge is 2.31. The lowest BCUT2D eigenvalue weighted by Crippen LogP contribution is -2.25. The second kappa shape index (κ2) is 11.0. The molecule has 2 saturated carbocycles. The molecule has 2 aliphatic carbocycles. The summed E-state index contributed by atoms with van der Waals surface area (Å²) in [7, 11) is 1.27. The Morgan fingerprint density at radius 2 is 1.31 bits per heavy atom. The predicted octanol–water partition coefficient (Wildman–Crippen LogP) is 7.82. The minimum Gasteiger partial charge on any atom is -0.494 e. The number of hydrogen-bond donors (Lipinski definition) is 0. The maximum absolute atomic E-state index is 14.9. The molecular formula is C28H32F4O3. The van der Waals surface area contributed by atoms with Gasteiger partial charge in [-0.15, -0.1) is 0 Å². The first-order valence-corrected chi connectivity index (χ1v) is 12.5. The van der Waals surface area contributed by atoms with Gasteiger partial charge in [-0.1, -0.05) is 25.5 Å². The molecule has 0 unspecified atom stereocenters. The van der Waals surface area contributed by atoms with E-state index >= 15 is 0 Å². The Hall–Kier alpha value is -2.57. The fraction of sp³-hybridized carbons (Fsp3) is 0.536. The van der Waals surface area contributed by atoms with E-state index in [4.69, 9.17) is 9.47 Å². The monoisotopic (exact) mass is 492 g/mol. The van der Waals surface area contributed by atoms with Crippen molar-refractivity contribution >= 4 is 5.97 Å². The molecule has 2 aromatic rings. The maximum atomic E-state index is 14.9. The molecule has 0 heterocycles. The van der Waals surface area contributed by atoms with Gasteiger partial charge in [0.05, 0.1) is 12.7 Å². The summed E-state index contributed by atoms with van der Waals surface area (Å²) in [5.74, 6) is -4.71. The molecule has 2 aromatic carbocycles. The number of hydrogen-bond acceptors (Lipinski definition) is 3. The summed E-state index contributed by atoms with van der Waals surface area (Å²) in [5.41, 5.74) is 0.200. The van der Waals surface area contributed by atoms with Crippen LogP contribution in [0.1, 0.15) is 98.0 Å². The molecular weight excluding hydrogens is 460 g/mol. The summed E-state index contributed by atoms with van der Waals surface area (Å²) < 4.78 is 68.5. The minimum absolute atomic E-state index is 0.0316. The van der Waals surface area contributed by atoms with Crippen LogP contribution in [0, 0.1) is 29.2 Å². The molecule has 0 aromatic heterocycles. The van der Waals surface area contributed by atoms with Gasteiger partial charge in [-0.2, -0.15) is 4.39 Å². The van der Waals surface area contributed by atoms with E-state index in [1.165, 1.54) is 31.4 Å². The summed E-state index contributed by atoms with van der Waals surface area (Å²) in [6.07, 6.45) is 6.07. The Kier molecular flexibility index (Phi) is 8.02. The number of methoxy groups -OCH3 is 1. The minimum atomic E-state index is -1.16. The van der Waals surface area contributed by atoms with Gasteiger partial charge in [0, 0.05) is 0 Å². The van der Waals surface area contributed by atoms with Crippen LogP contribution in [0.15, 0.2) is 24.3 Å². The molecule has 0 aliphatic heterocycles. The molecule has 0 saturated heterocycles. The van der Waals surface area contributed by atoms with E-state index in [0.717, 1.165) is 32.1 Å². The third-order valence-corrected chi connectivity index (χ3v) is 7.88. The zero-order valence-electron chi connectivity index (χ0n) is 20.2. The van der Waals surface area contributed by atoms with Crippen LogP contribution in [0.25, 0.3) is 0 Å². The number of rotatable bonds is 6. The Morgan fingerprint density at radius 3 is 1.89 bits per heavy atom. The third kappa shape index (κ3) is 5.34.